The number of hydrogen-bond acceptors (Lipinski definition) is 3. The number of hydrogen-bond donors (Lipinski definition) is 1. The second kappa shape index (κ2) is 6.09. The van der Waals surface area contributed by atoms with Crippen LogP contribution in [0.2, 0.25) is 0 Å². The third-order valence-corrected chi connectivity index (χ3v) is 8.44. The number of nitrogens with one attached hydrogen (secondary N) is 1. The van der Waals surface area contributed by atoms with E-state index in [1.54, 1.807) is 0 Å². The minimum Gasteiger partial charge on any atom is -0.349 e. The predicted octanol–water partition coefficient (Wildman–Crippen LogP) is 4.36. The van der Waals surface area contributed by atoms with Crippen LogP contribution in [-0.2, 0) is 4.79 Å². The zero-order valence-electron chi connectivity index (χ0n) is 15.2. The summed E-state index contributed by atoms with van der Waals surface area (Å²) in [4.78, 5) is 17.0. The van der Waals surface area contributed by atoms with E-state index in [1.807, 2.05) is 11.3 Å². The van der Waals surface area contributed by atoms with Crippen LogP contribution in [-0.4, -0.2) is 28.9 Å². The fraction of sp³-hybridized carbons (Fsp3) is 0.762. The molecule has 6 rings (SSSR count). The molecule has 1 aliphatic heterocycles. The first-order chi connectivity index (χ1) is 12.1. The van der Waals surface area contributed by atoms with Gasteiger partial charge in [0.2, 0.25) is 5.91 Å². The molecular weight excluding hydrogens is 328 g/mol. The summed E-state index contributed by atoms with van der Waals surface area (Å²) in [5.74, 6) is 2.93. The van der Waals surface area contributed by atoms with E-state index in [4.69, 9.17) is 0 Å². The lowest BCUT2D eigenvalue weighted by atomic mass is 9.53. The molecule has 0 spiro atoms. The van der Waals surface area contributed by atoms with Gasteiger partial charge in [0.05, 0.1) is 6.04 Å². The van der Waals surface area contributed by atoms with Crippen molar-refractivity contribution in [3.05, 3.63) is 22.4 Å². The molecule has 0 radical (unpaired) electrons. The van der Waals surface area contributed by atoms with Gasteiger partial charge < -0.3 is 5.32 Å². The van der Waals surface area contributed by atoms with E-state index in [0.29, 0.717) is 6.04 Å². The summed E-state index contributed by atoms with van der Waals surface area (Å²) in [6.45, 7) is 3.18. The summed E-state index contributed by atoms with van der Waals surface area (Å²) < 4.78 is 0. The summed E-state index contributed by atoms with van der Waals surface area (Å²) in [7, 11) is 0. The zero-order chi connectivity index (χ0) is 17.0. The van der Waals surface area contributed by atoms with E-state index >= 15 is 0 Å². The highest BCUT2D eigenvalue weighted by Gasteiger charge is 2.52. The molecule has 1 amide bonds. The van der Waals surface area contributed by atoms with Gasteiger partial charge in [-0.3, -0.25) is 9.69 Å². The fourth-order valence-electron chi connectivity index (χ4n) is 6.82. The molecule has 136 valence electrons. The van der Waals surface area contributed by atoms with Gasteiger partial charge in [-0.25, -0.2) is 0 Å². The highest BCUT2D eigenvalue weighted by molar-refractivity contribution is 7.10. The lowest BCUT2D eigenvalue weighted by Crippen LogP contribution is -2.62. The summed E-state index contributed by atoms with van der Waals surface area (Å²) in [5.41, 5.74) is 0.137. The van der Waals surface area contributed by atoms with E-state index in [-0.39, 0.29) is 17.5 Å². The van der Waals surface area contributed by atoms with Crippen molar-refractivity contribution < 1.29 is 4.79 Å². The standard InChI is InChI=1S/C21H30N2OS/c1-14(23-6-2-4-18(23)19-5-3-7-25-19)20(24)22-21-11-15-8-16(12-21)10-17(9-15)13-21/h3,5,7,14-18H,2,4,6,8-13H2,1H3,(H,22,24)/t14-,15?,16?,17?,18-,21?/m1/s1. The Kier molecular flexibility index (Phi) is 3.97. The molecule has 3 nitrogen and oxygen atoms in total. The van der Waals surface area contributed by atoms with Gasteiger partial charge in [0.15, 0.2) is 0 Å². The van der Waals surface area contributed by atoms with Gasteiger partial charge >= 0.3 is 0 Å². The van der Waals surface area contributed by atoms with E-state index in [2.05, 4.69) is 34.7 Å². The van der Waals surface area contributed by atoms with Crippen molar-refractivity contribution in [1.29, 1.82) is 0 Å². The third-order valence-electron chi connectivity index (χ3n) is 7.47. The average molecular weight is 359 g/mol. The zero-order valence-corrected chi connectivity index (χ0v) is 16.1. The highest BCUT2D eigenvalue weighted by Crippen LogP contribution is 2.55. The van der Waals surface area contributed by atoms with Crippen LogP contribution in [0.25, 0.3) is 0 Å². The van der Waals surface area contributed by atoms with Gasteiger partial charge in [-0.15, -0.1) is 11.3 Å². The highest BCUT2D eigenvalue weighted by atomic mass is 32.1. The smallest absolute Gasteiger partial charge is 0.237 e. The second-order valence-electron chi connectivity index (χ2n) is 9.27. The van der Waals surface area contributed by atoms with Crippen LogP contribution in [0.5, 0.6) is 0 Å². The number of nitrogens with zero attached hydrogens (tertiary/aromatic N) is 1. The molecule has 2 heterocycles. The van der Waals surface area contributed by atoms with E-state index in [0.717, 1.165) is 24.3 Å². The lowest BCUT2D eigenvalue weighted by Gasteiger charge is -2.57. The SMILES string of the molecule is C[C@H](C(=O)NC12CC3CC(CC(C3)C1)C2)N1CCC[C@@H]1c1cccs1. The van der Waals surface area contributed by atoms with Crippen LogP contribution >= 0.6 is 11.3 Å². The quantitative estimate of drug-likeness (QED) is 0.867. The average Bonchev–Trinajstić information content (AvgIpc) is 3.23. The van der Waals surface area contributed by atoms with Gasteiger partial charge in [-0.05, 0) is 94.0 Å². The van der Waals surface area contributed by atoms with Gasteiger partial charge in [0.1, 0.15) is 0 Å². The van der Waals surface area contributed by atoms with Gasteiger partial charge in [0, 0.05) is 16.5 Å². The Morgan fingerprint density at radius 2 is 1.92 bits per heavy atom. The van der Waals surface area contributed by atoms with Gasteiger partial charge in [0.25, 0.3) is 0 Å². The van der Waals surface area contributed by atoms with Crippen molar-refractivity contribution in [3.63, 3.8) is 0 Å². The summed E-state index contributed by atoms with van der Waals surface area (Å²) >= 11 is 1.83. The number of rotatable bonds is 4. The first-order valence-corrected chi connectivity index (χ1v) is 11.1. The first-order valence-electron chi connectivity index (χ1n) is 10.2. The molecule has 0 aromatic carbocycles. The van der Waals surface area contributed by atoms with Crippen molar-refractivity contribution in [2.75, 3.05) is 6.54 Å². The molecule has 4 bridgehead atoms. The second-order valence-corrected chi connectivity index (χ2v) is 10.3. The number of carbonyl (C=O) groups excluding carboxylic acids is 1. The molecule has 4 aliphatic carbocycles. The molecular formula is C21H30N2OS. The summed E-state index contributed by atoms with van der Waals surface area (Å²) in [6, 6.07) is 4.80. The number of amides is 1. The number of thiophene rings is 1. The summed E-state index contributed by atoms with van der Waals surface area (Å²) in [5, 5.41) is 5.75. The predicted molar refractivity (Wildman–Crippen MR) is 102 cm³/mol. The van der Waals surface area contributed by atoms with Crippen molar-refractivity contribution >= 4 is 17.2 Å². The van der Waals surface area contributed by atoms with Crippen molar-refractivity contribution in [2.24, 2.45) is 17.8 Å². The van der Waals surface area contributed by atoms with Gasteiger partial charge in [-0.2, -0.15) is 0 Å². The Morgan fingerprint density at radius 3 is 2.52 bits per heavy atom. The molecule has 1 aromatic rings. The molecule has 4 heteroatoms. The summed E-state index contributed by atoms with van der Waals surface area (Å²) in [6.07, 6.45) is 10.4. The van der Waals surface area contributed by atoms with Crippen LogP contribution in [0.15, 0.2) is 17.5 Å². The molecule has 0 unspecified atom stereocenters. The van der Waals surface area contributed by atoms with Crippen molar-refractivity contribution in [2.45, 2.75) is 75.9 Å². The Bertz CT molecular complexity index is 605. The molecule has 5 fully saturated rings. The van der Waals surface area contributed by atoms with E-state index in [1.165, 1.54) is 56.2 Å². The van der Waals surface area contributed by atoms with Gasteiger partial charge in [-0.1, -0.05) is 6.07 Å². The molecule has 5 aliphatic rings. The maximum atomic E-state index is 13.2. The van der Waals surface area contributed by atoms with E-state index < -0.39 is 0 Å². The van der Waals surface area contributed by atoms with Crippen LogP contribution in [0, 0.1) is 17.8 Å². The topological polar surface area (TPSA) is 32.3 Å². The Balaban J connectivity index is 1.29. The minimum absolute atomic E-state index is 0.0115. The molecule has 4 saturated carbocycles. The Hall–Kier alpha value is -0.870. The van der Waals surface area contributed by atoms with Crippen LogP contribution in [0.3, 0.4) is 0 Å². The first kappa shape index (κ1) is 16.3. The largest absolute Gasteiger partial charge is 0.349 e. The normalized spacial score (nSPS) is 41.2. The third kappa shape index (κ3) is 2.86. The molecule has 1 saturated heterocycles. The molecule has 2 atom stereocenters. The number of carbonyl (C=O) groups is 1. The van der Waals surface area contributed by atoms with Crippen molar-refractivity contribution in [3.8, 4) is 0 Å². The maximum absolute atomic E-state index is 13.2. The molecule has 1 N–H and O–H groups in total. The molecule has 1 aromatic heterocycles. The van der Waals surface area contributed by atoms with Crippen LogP contribution in [0.1, 0.15) is 69.2 Å². The minimum atomic E-state index is -0.0115. The Morgan fingerprint density at radius 1 is 1.24 bits per heavy atom. The number of likely N-dealkylation sites (tertiary alicyclic amines) is 1. The molecule has 25 heavy (non-hydrogen) atoms. The monoisotopic (exact) mass is 358 g/mol. The lowest BCUT2D eigenvalue weighted by molar-refractivity contribution is -0.132. The fourth-order valence-corrected chi connectivity index (χ4v) is 7.70. The Labute approximate surface area is 155 Å². The van der Waals surface area contributed by atoms with Crippen LogP contribution in [0.4, 0.5) is 0 Å². The van der Waals surface area contributed by atoms with Crippen LogP contribution < -0.4 is 5.32 Å². The van der Waals surface area contributed by atoms with Crippen molar-refractivity contribution in [1.82, 2.24) is 10.2 Å². The maximum Gasteiger partial charge on any atom is 0.237 e. The van der Waals surface area contributed by atoms with E-state index in [9.17, 15) is 4.79 Å².